The first-order valence-corrected chi connectivity index (χ1v) is 6.47. The van der Waals surface area contributed by atoms with Crippen molar-refractivity contribution in [1.82, 2.24) is 4.90 Å². The highest BCUT2D eigenvalue weighted by molar-refractivity contribution is 6.30. The fourth-order valence-corrected chi connectivity index (χ4v) is 2.53. The summed E-state index contributed by atoms with van der Waals surface area (Å²) in [7, 11) is 0. The van der Waals surface area contributed by atoms with Gasteiger partial charge < -0.3 is 9.84 Å². The van der Waals surface area contributed by atoms with Crippen LogP contribution in [0.3, 0.4) is 0 Å². The predicted molar refractivity (Wildman–Crippen MR) is 73.8 cm³/mol. The van der Waals surface area contributed by atoms with Crippen LogP contribution in [0.2, 0.25) is 5.02 Å². The summed E-state index contributed by atoms with van der Waals surface area (Å²) < 4.78 is 5.61. The average Bonchev–Trinajstić information content (AvgIpc) is 2.76. The van der Waals surface area contributed by atoms with Crippen LogP contribution in [0, 0.1) is 0 Å². The van der Waals surface area contributed by atoms with Gasteiger partial charge in [-0.15, -0.1) is 6.58 Å². The number of aliphatic carboxylic acids is 1. The second kappa shape index (κ2) is 6.08. The van der Waals surface area contributed by atoms with Crippen molar-refractivity contribution in [1.29, 1.82) is 0 Å². The molecule has 102 valence electrons. The minimum atomic E-state index is -0.860. The van der Waals surface area contributed by atoms with Crippen molar-refractivity contribution in [2.24, 2.45) is 0 Å². The van der Waals surface area contributed by atoms with Crippen LogP contribution in [0.4, 0.5) is 0 Å². The Morgan fingerprint density at radius 1 is 1.58 bits per heavy atom. The number of rotatable bonds is 6. The Morgan fingerprint density at radius 2 is 2.37 bits per heavy atom. The second-order valence-corrected chi connectivity index (χ2v) is 4.94. The van der Waals surface area contributed by atoms with Gasteiger partial charge in [-0.05, 0) is 17.7 Å². The molecule has 0 atom stereocenters. The zero-order valence-electron chi connectivity index (χ0n) is 10.6. The first-order chi connectivity index (χ1) is 9.10. The van der Waals surface area contributed by atoms with Crippen molar-refractivity contribution in [3.05, 3.63) is 40.9 Å². The van der Waals surface area contributed by atoms with Crippen LogP contribution in [0.5, 0.6) is 5.75 Å². The number of benzene rings is 1. The lowest BCUT2D eigenvalue weighted by Crippen LogP contribution is -2.29. The van der Waals surface area contributed by atoms with Crippen LogP contribution in [-0.4, -0.2) is 35.7 Å². The molecule has 0 amide bonds. The van der Waals surface area contributed by atoms with E-state index in [1.54, 1.807) is 11.0 Å². The predicted octanol–water partition coefficient (Wildman–Crippen LogP) is 2.35. The van der Waals surface area contributed by atoms with Crippen LogP contribution in [0.1, 0.15) is 11.1 Å². The molecule has 2 rings (SSSR count). The molecule has 0 unspecified atom stereocenters. The molecule has 1 N–H and O–H groups in total. The highest BCUT2D eigenvalue weighted by Gasteiger charge is 2.19. The van der Waals surface area contributed by atoms with E-state index in [1.807, 2.05) is 12.1 Å². The van der Waals surface area contributed by atoms with E-state index < -0.39 is 5.97 Å². The molecule has 1 aliphatic rings. The molecule has 5 heteroatoms. The van der Waals surface area contributed by atoms with Crippen molar-refractivity contribution in [3.63, 3.8) is 0 Å². The summed E-state index contributed by atoms with van der Waals surface area (Å²) in [4.78, 5) is 12.6. The number of halogens is 1. The lowest BCUT2D eigenvalue weighted by molar-refractivity contribution is -0.138. The van der Waals surface area contributed by atoms with Gasteiger partial charge >= 0.3 is 5.97 Å². The SMILES string of the molecule is C=CCN(CC(=O)O)Cc1cc(Cl)cc2c1OCC2. The van der Waals surface area contributed by atoms with Gasteiger partial charge in [0.1, 0.15) is 5.75 Å². The van der Waals surface area contributed by atoms with E-state index in [2.05, 4.69) is 6.58 Å². The van der Waals surface area contributed by atoms with E-state index in [9.17, 15) is 4.79 Å². The van der Waals surface area contributed by atoms with Crippen LogP contribution < -0.4 is 4.74 Å². The molecule has 1 aromatic rings. The fourth-order valence-electron chi connectivity index (χ4n) is 2.26. The molecule has 1 aromatic carbocycles. The Kier molecular flexibility index (Phi) is 4.45. The van der Waals surface area contributed by atoms with Gasteiger partial charge in [-0.1, -0.05) is 17.7 Å². The number of ether oxygens (including phenoxy) is 1. The highest BCUT2D eigenvalue weighted by Crippen LogP contribution is 2.33. The van der Waals surface area contributed by atoms with Crippen LogP contribution >= 0.6 is 11.6 Å². The van der Waals surface area contributed by atoms with E-state index in [-0.39, 0.29) is 6.54 Å². The van der Waals surface area contributed by atoms with E-state index in [4.69, 9.17) is 21.4 Å². The van der Waals surface area contributed by atoms with E-state index in [1.165, 1.54) is 0 Å². The normalized spacial score (nSPS) is 13.2. The monoisotopic (exact) mass is 281 g/mol. The molecule has 0 bridgehead atoms. The van der Waals surface area contributed by atoms with Gasteiger partial charge in [0.25, 0.3) is 0 Å². The molecule has 19 heavy (non-hydrogen) atoms. The first kappa shape index (κ1) is 13.9. The highest BCUT2D eigenvalue weighted by atomic mass is 35.5. The standard InChI is InChI=1S/C14H16ClNO3/c1-2-4-16(9-13(17)18)8-11-7-12(15)6-10-3-5-19-14(10)11/h2,6-7H,1,3-5,8-9H2,(H,17,18). The van der Waals surface area contributed by atoms with Crippen molar-refractivity contribution in [2.75, 3.05) is 19.7 Å². The zero-order chi connectivity index (χ0) is 13.8. The van der Waals surface area contributed by atoms with E-state index >= 15 is 0 Å². The summed E-state index contributed by atoms with van der Waals surface area (Å²) in [5.41, 5.74) is 2.03. The maximum Gasteiger partial charge on any atom is 0.317 e. The molecule has 0 saturated carbocycles. The van der Waals surface area contributed by atoms with E-state index in [0.717, 1.165) is 23.3 Å². The molecule has 4 nitrogen and oxygen atoms in total. The number of carboxylic acids is 1. The van der Waals surface area contributed by atoms with Crippen molar-refractivity contribution >= 4 is 17.6 Å². The Hall–Kier alpha value is -1.52. The number of carboxylic acid groups (broad SMARTS) is 1. The van der Waals surface area contributed by atoms with Crippen molar-refractivity contribution in [2.45, 2.75) is 13.0 Å². The molecular formula is C14H16ClNO3. The summed E-state index contributed by atoms with van der Waals surface area (Å²) in [5.74, 6) is -0.00899. The summed E-state index contributed by atoms with van der Waals surface area (Å²) in [6.45, 7) is 5.26. The van der Waals surface area contributed by atoms with Gasteiger partial charge in [0.15, 0.2) is 0 Å². The third-order valence-electron chi connectivity index (χ3n) is 2.97. The molecule has 0 fully saturated rings. The molecule has 0 spiro atoms. The minimum absolute atomic E-state index is 0.0344. The number of hydrogen-bond acceptors (Lipinski definition) is 3. The Labute approximate surface area is 117 Å². The maximum absolute atomic E-state index is 10.8. The molecular weight excluding hydrogens is 266 g/mol. The Morgan fingerprint density at radius 3 is 3.05 bits per heavy atom. The quantitative estimate of drug-likeness (QED) is 0.813. The summed E-state index contributed by atoms with van der Waals surface area (Å²) in [5, 5.41) is 9.56. The number of hydrogen-bond donors (Lipinski definition) is 1. The van der Waals surface area contributed by atoms with Gasteiger partial charge in [0, 0.05) is 30.1 Å². The lowest BCUT2D eigenvalue weighted by atomic mass is 10.1. The Balaban J connectivity index is 2.21. The van der Waals surface area contributed by atoms with Gasteiger partial charge in [0.05, 0.1) is 13.2 Å². The van der Waals surface area contributed by atoms with Gasteiger partial charge in [-0.3, -0.25) is 9.69 Å². The smallest absolute Gasteiger partial charge is 0.317 e. The van der Waals surface area contributed by atoms with Crippen LogP contribution in [0.15, 0.2) is 24.8 Å². The lowest BCUT2D eigenvalue weighted by Gasteiger charge is -2.20. The topological polar surface area (TPSA) is 49.8 Å². The second-order valence-electron chi connectivity index (χ2n) is 4.50. The number of nitrogens with zero attached hydrogens (tertiary/aromatic N) is 1. The maximum atomic E-state index is 10.8. The van der Waals surface area contributed by atoms with Crippen LogP contribution in [0.25, 0.3) is 0 Å². The third kappa shape index (κ3) is 3.49. The molecule has 0 aromatic heterocycles. The minimum Gasteiger partial charge on any atom is -0.493 e. The number of carbonyl (C=O) groups is 1. The fraction of sp³-hybridized carbons (Fsp3) is 0.357. The average molecular weight is 282 g/mol. The first-order valence-electron chi connectivity index (χ1n) is 6.09. The van der Waals surface area contributed by atoms with Gasteiger partial charge in [-0.2, -0.15) is 0 Å². The van der Waals surface area contributed by atoms with Gasteiger partial charge in [-0.25, -0.2) is 0 Å². The Bertz CT molecular complexity index is 502. The summed E-state index contributed by atoms with van der Waals surface area (Å²) >= 11 is 6.08. The van der Waals surface area contributed by atoms with Crippen molar-refractivity contribution < 1.29 is 14.6 Å². The van der Waals surface area contributed by atoms with Gasteiger partial charge in [0.2, 0.25) is 0 Å². The van der Waals surface area contributed by atoms with Crippen molar-refractivity contribution in [3.8, 4) is 5.75 Å². The molecule has 1 aliphatic heterocycles. The largest absolute Gasteiger partial charge is 0.493 e. The molecule has 0 aliphatic carbocycles. The summed E-state index contributed by atoms with van der Waals surface area (Å²) in [6, 6.07) is 3.74. The van der Waals surface area contributed by atoms with Crippen LogP contribution in [-0.2, 0) is 17.8 Å². The summed E-state index contributed by atoms with van der Waals surface area (Å²) in [6.07, 6.45) is 2.54. The molecule has 0 saturated heterocycles. The van der Waals surface area contributed by atoms with E-state index in [0.29, 0.717) is 24.7 Å². The zero-order valence-corrected chi connectivity index (χ0v) is 11.3. The molecule has 0 radical (unpaired) electrons. The third-order valence-corrected chi connectivity index (χ3v) is 3.18. The number of fused-ring (bicyclic) bond motifs is 1. The molecule has 1 heterocycles.